The molecule has 1 fully saturated rings. The molecule has 0 aliphatic carbocycles. The molecule has 5 heteroatoms. The molecular weight excluding hydrogens is 290 g/mol. The lowest BCUT2D eigenvalue weighted by molar-refractivity contribution is -0.129. The fraction of sp³-hybridized carbons (Fsp3) is 0.556. The third-order valence-electron chi connectivity index (χ3n) is 4.43. The van der Waals surface area contributed by atoms with Gasteiger partial charge < -0.3 is 15.1 Å². The first-order chi connectivity index (χ1) is 11.0. The van der Waals surface area contributed by atoms with Crippen LogP contribution in [0.5, 0.6) is 0 Å². The van der Waals surface area contributed by atoms with Gasteiger partial charge >= 0.3 is 0 Å². The summed E-state index contributed by atoms with van der Waals surface area (Å²) in [6.07, 6.45) is 3.36. The summed E-state index contributed by atoms with van der Waals surface area (Å²) in [4.78, 5) is 28.0. The molecule has 2 amide bonds. The Hall–Kier alpha value is -2.04. The lowest BCUT2D eigenvalue weighted by Gasteiger charge is -2.26. The van der Waals surface area contributed by atoms with E-state index in [1.807, 2.05) is 48.2 Å². The quantitative estimate of drug-likeness (QED) is 0.839. The molecule has 1 saturated heterocycles. The van der Waals surface area contributed by atoms with E-state index < -0.39 is 0 Å². The van der Waals surface area contributed by atoms with Crippen molar-refractivity contribution in [2.45, 2.75) is 38.6 Å². The summed E-state index contributed by atoms with van der Waals surface area (Å²) in [5.41, 5.74) is 1.74. The summed E-state index contributed by atoms with van der Waals surface area (Å²) in [6, 6.07) is 7.79. The Balaban J connectivity index is 1.82. The van der Waals surface area contributed by atoms with Gasteiger partial charge in [-0.15, -0.1) is 0 Å². The summed E-state index contributed by atoms with van der Waals surface area (Å²) >= 11 is 0. The highest BCUT2D eigenvalue weighted by Crippen LogP contribution is 2.18. The van der Waals surface area contributed by atoms with Gasteiger partial charge in [-0.2, -0.15) is 0 Å². The van der Waals surface area contributed by atoms with Gasteiger partial charge in [0.15, 0.2) is 0 Å². The fourth-order valence-corrected chi connectivity index (χ4v) is 3.00. The minimum atomic E-state index is -0.0575. The number of nitrogens with one attached hydrogen (secondary N) is 1. The normalized spacial score (nSPS) is 15.6. The number of amides is 2. The highest BCUT2D eigenvalue weighted by molar-refractivity contribution is 5.94. The first kappa shape index (κ1) is 17.3. The van der Waals surface area contributed by atoms with E-state index >= 15 is 0 Å². The van der Waals surface area contributed by atoms with Gasteiger partial charge in [-0.05, 0) is 43.5 Å². The second-order valence-electron chi connectivity index (χ2n) is 6.24. The third-order valence-corrected chi connectivity index (χ3v) is 4.43. The number of nitrogens with zero attached hydrogens (tertiary/aromatic N) is 2. The lowest BCUT2D eigenvalue weighted by atomic mass is 10.1. The van der Waals surface area contributed by atoms with E-state index in [2.05, 4.69) is 12.2 Å². The number of anilines is 1. The van der Waals surface area contributed by atoms with E-state index in [4.69, 9.17) is 0 Å². The van der Waals surface area contributed by atoms with Crippen molar-refractivity contribution in [2.24, 2.45) is 0 Å². The van der Waals surface area contributed by atoms with Gasteiger partial charge in [-0.3, -0.25) is 9.59 Å². The van der Waals surface area contributed by atoms with Crippen LogP contribution >= 0.6 is 0 Å². The molecule has 23 heavy (non-hydrogen) atoms. The zero-order valence-electron chi connectivity index (χ0n) is 14.3. The monoisotopic (exact) mass is 317 g/mol. The molecule has 0 aromatic heterocycles. The maximum atomic E-state index is 12.2. The molecule has 0 saturated carbocycles. The average molecular weight is 317 g/mol. The van der Waals surface area contributed by atoms with Gasteiger partial charge in [0.05, 0.1) is 0 Å². The van der Waals surface area contributed by atoms with Crippen LogP contribution in [0.2, 0.25) is 0 Å². The van der Waals surface area contributed by atoms with E-state index in [0.717, 1.165) is 31.5 Å². The van der Waals surface area contributed by atoms with Crippen LogP contribution in [-0.4, -0.2) is 49.9 Å². The molecule has 2 rings (SSSR count). The predicted octanol–water partition coefficient (Wildman–Crippen LogP) is 2.27. The topological polar surface area (TPSA) is 52.7 Å². The second kappa shape index (κ2) is 7.99. The predicted molar refractivity (Wildman–Crippen MR) is 92.7 cm³/mol. The Labute approximate surface area is 138 Å². The summed E-state index contributed by atoms with van der Waals surface area (Å²) < 4.78 is 0. The summed E-state index contributed by atoms with van der Waals surface area (Å²) in [5.74, 6) is 0.195. The Morgan fingerprint density at radius 3 is 2.52 bits per heavy atom. The molecule has 0 radical (unpaired) electrons. The van der Waals surface area contributed by atoms with E-state index in [0.29, 0.717) is 18.5 Å². The SMILES string of the molecule is CCC(CCNC(=O)c1ccc(N(C)C)cc1)N1CCCC1=O. The first-order valence-electron chi connectivity index (χ1n) is 8.38. The molecule has 1 unspecified atom stereocenters. The van der Waals surface area contributed by atoms with Crippen LogP contribution in [-0.2, 0) is 4.79 Å². The van der Waals surface area contributed by atoms with E-state index in [9.17, 15) is 9.59 Å². The van der Waals surface area contributed by atoms with Crippen molar-refractivity contribution >= 4 is 17.5 Å². The standard InChI is InChI=1S/C18H27N3O2/c1-4-15(21-13-5-6-17(21)22)11-12-19-18(23)14-7-9-16(10-8-14)20(2)3/h7-10,15H,4-6,11-13H2,1-3H3,(H,19,23). The van der Waals surface area contributed by atoms with Gasteiger partial charge in [0.25, 0.3) is 5.91 Å². The molecule has 5 nitrogen and oxygen atoms in total. The van der Waals surface area contributed by atoms with E-state index in [1.165, 1.54) is 0 Å². The Bertz CT molecular complexity index is 540. The van der Waals surface area contributed by atoms with Crippen molar-refractivity contribution in [1.29, 1.82) is 0 Å². The molecule has 126 valence electrons. The Morgan fingerprint density at radius 2 is 2.00 bits per heavy atom. The molecule has 1 heterocycles. The smallest absolute Gasteiger partial charge is 0.251 e. The first-order valence-corrected chi connectivity index (χ1v) is 8.38. The van der Waals surface area contributed by atoms with Crippen molar-refractivity contribution in [3.8, 4) is 0 Å². The average Bonchev–Trinajstić information content (AvgIpc) is 2.97. The molecule has 1 aliphatic rings. The second-order valence-corrected chi connectivity index (χ2v) is 6.24. The summed E-state index contributed by atoms with van der Waals surface area (Å²) in [6.45, 7) is 3.55. The molecule has 0 bridgehead atoms. The molecule has 1 aliphatic heterocycles. The zero-order valence-corrected chi connectivity index (χ0v) is 14.3. The molecule has 1 N–H and O–H groups in total. The largest absolute Gasteiger partial charge is 0.378 e. The molecule has 1 aromatic rings. The van der Waals surface area contributed by atoms with Crippen LogP contribution in [0.1, 0.15) is 43.0 Å². The summed E-state index contributed by atoms with van der Waals surface area (Å²) in [7, 11) is 3.94. The van der Waals surface area contributed by atoms with Crippen molar-refractivity contribution in [1.82, 2.24) is 10.2 Å². The van der Waals surface area contributed by atoms with Crippen LogP contribution in [0.15, 0.2) is 24.3 Å². The number of hydrogen-bond acceptors (Lipinski definition) is 3. The number of rotatable bonds is 7. The number of carbonyl (C=O) groups excluding carboxylic acids is 2. The van der Waals surface area contributed by atoms with Crippen LogP contribution in [0, 0.1) is 0 Å². The number of benzene rings is 1. The highest BCUT2D eigenvalue weighted by atomic mass is 16.2. The lowest BCUT2D eigenvalue weighted by Crippen LogP contribution is -2.38. The van der Waals surface area contributed by atoms with Crippen LogP contribution in [0.3, 0.4) is 0 Å². The van der Waals surface area contributed by atoms with Gasteiger partial charge in [-0.1, -0.05) is 6.92 Å². The minimum Gasteiger partial charge on any atom is -0.378 e. The Kier molecular flexibility index (Phi) is 6.02. The number of carbonyl (C=O) groups is 2. The van der Waals surface area contributed by atoms with E-state index in [1.54, 1.807) is 0 Å². The van der Waals surface area contributed by atoms with Crippen LogP contribution in [0.4, 0.5) is 5.69 Å². The third kappa shape index (κ3) is 4.47. The van der Waals surface area contributed by atoms with Crippen LogP contribution in [0.25, 0.3) is 0 Å². The van der Waals surface area contributed by atoms with Gasteiger partial charge in [0.2, 0.25) is 5.91 Å². The zero-order chi connectivity index (χ0) is 16.8. The summed E-state index contributed by atoms with van der Waals surface area (Å²) in [5, 5.41) is 2.96. The highest BCUT2D eigenvalue weighted by Gasteiger charge is 2.26. The van der Waals surface area contributed by atoms with Crippen molar-refractivity contribution in [2.75, 3.05) is 32.1 Å². The number of hydrogen-bond donors (Lipinski definition) is 1. The van der Waals surface area contributed by atoms with Gasteiger partial charge in [-0.25, -0.2) is 0 Å². The maximum Gasteiger partial charge on any atom is 0.251 e. The Morgan fingerprint density at radius 1 is 1.30 bits per heavy atom. The van der Waals surface area contributed by atoms with Crippen molar-refractivity contribution in [3.63, 3.8) is 0 Å². The molecular formula is C18H27N3O2. The maximum absolute atomic E-state index is 12.2. The molecule has 1 aromatic carbocycles. The van der Waals surface area contributed by atoms with Gasteiger partial charge in [0, 0.05) is 50.9 Å². The van der Waals surface area contributed by atoms with Crippen LogP contribution < -0.4 is 10.2 Å². The van der Waals surface area contributed by atoms with Crippen molar-refractivity contribution < 1.29 is 9.59 Å². The number of likely N-dealkylation sites (tertiary alicyclic amines) is 1. The molecule has 0 spiro atoms. The van der Waals surface area contributed by atoms with E-state index in [-0.39, 0.29) is 17.9 Å². The minimum absolute atomic E-state index is 0.0575. The van der Waals surface area contributed by atoms with Gasteiger partial charge in [0.1, 0.15) is 0 Å². The fourth-order valence-electron chi connectivity index (χ4n) is 3.00. The molecule has 1 atom stereocenters. The van der Waals surface area contributed by atoms with Crippen molar-refractivity contribution in [3.05, 3.63) is 29.8 Å².